The van der Waals surface area contributed by atoms with Crippen molar-refractivity contribution in [3.63, 3.8) is 0 Å². The molecule has 1 amide bonds. The number of rotatable bonds is 5. The van der Waals surface area contributed by atoms with Gasteiger partial charge in [0.15, 0.2) is 6.10 Å². The summed E-state index contributed by atoms with van der Waals surface area (Å²) in [5, 5.41) is 29.7. The Morgan fingerprint density at radius 2 is 2.11 bits per heavy atom. The Bertz CT molecular complexity index is 533. The molecule has 102 valence electrons. The maximum Gasteiger partial charge on any atom is 0.334 e. The molecule has 0 heterocycles. The molecule has 0 aliphatic carbocycles. The van der Waals surface area contributed by atoms with Crippen LogP contribution in [0.4, 0.5) is 10.1 Å². The first-order valence-corrected chi connectivity index (χ1v) is 4.96. The third-order valence-corrected chi connectivity index (χ3v) is 2.15. The summed E-state index contributed by atoms with van der Waals surface area (Å²) in [6, 6.07) is 2.36. The number of amides is 1. The van der Waals surface area contributed by atoms with E-state index in [1.165, 1.54) is 0 Å². The van der Waals surface area contributed by atoms with Gasteiger partial charge in [-0.2, -0.15) is 0 Å². The Hall–Kier alpha value is -2.55. The van der Waals surface area contributed by atoms with Crippen molar-refractivity contribution in [1.29, 1.82) is 0 Å². The van der Waals surface area contributed by atoms with Crippen molar-refractivity contribution in [3.05, 3.63) is 39.7 Å². The lowest BCUT2D eigenvalue weighted by molar-refractivity contribution is -0.384. The third-order valence-electron chi connectivity index (χ3n) is 2.15. The van der Waals surface area contributed by atoms with Gasteiger partial charge >= 0.3 is 5.97 Å². The van der Waals surface area contributed by atoms with Crippen LogP contribution in [0.25, 0.3) is 0 Å². The summed E-state index contributed by atoms with van der Waals surface area (Å²) in [4.78, 5) is 31.5. The standard InChI is InChI=1S/C10H9FN2O6/c11-7-2-1-5(13(18)19)3-6(7)9(15)12-4-8(14)10(16)17/h1-3,8,14H,4H2,(H,12,15)(H,16,17). The molecular formula is C10H9FN2O6. The second-order valence-electron chi connectivity index (χ2n) is 3.49. The highest BCUT2D eigenvalue weighted by Crippen LogP contribution is 2.16. The molecule has 0 saturated carbocycles. The molecule has 0 bridgehead atoms. The molecule has 0 spiro atoms. The minimum atomic E-state index is -1.84. The topological polar surface area (TPSA) is 130 Å². The molecule has 8 nitrogen and oxygen atoms in total. The molecule has 0 aliphatic heterocycles. The van der Waals surface area contributed by atoms with E-state index in [-0.39, 0.29) is 0 Å². The Balaban J connectivity index is 2.84. The van der Waals surface area contributed by atoms with Crippen molar-refractivity contribution < 1.29 is 29.1 Å². The van der Waals surface area contributed by atoms with E-state index in [4.69, 9.17) is 10.2 Å². The van der Waals surface area contributed by atoms with E-state index in [2.05, 4.69) is 0 Å². The van der Waals surface area contributed by atoms with Crippen LogP contribution in [0.15, 0.2) is 18.2 Å². The molecule has 1 aromatic rings. The van der Waals surface area contributed by atoms with Gasteiger partial charge in [0, 0.05) is 12.1 Å². The van der Waals surface area contributed by atoms with Gasteiger partial charge in [0.2, 0.25) is 0 Å². The summed E-state index contributed by atoms with van der Waals surface area (Å²) in [5.41, 5.74) is -1.09. The molecule has 1 aromatic carbocycles. The maximum absolute atomic E-state index is 13.3. The van der Waals surface area contributed by atoms with Crippen LogP contribution in [0.3, 0.4) is 0 Å². The Morgan fingerprint density at radius 3 is 2.63 bits per heavy atom. The van der Waals surface area contributed by atoms with Gasteiger partial charge in [-0.15, -0.1) is 0 Å². The molecule has 9 heteroatoms. The number of benzene rings is 1. The number of nitro benzene ring substituents is 1. The predicted molar refractivity (Wildman–Crippen MR) is 59.0 cm³/mol. The summed E-state index contributed by atoms with van der Waals surface area (Å²) < 4.78 is 13.3. The number of aliphatic carboxylic acids is 1. The summed E-state index contributed by atoms with van der Waals surface area (Å²) in [5.74, 6) is -3.60. The fourth-order valence-corrected chi connectivity index (χ4v) is 1.17. The minimum absolute atomic E-state index is 0.481. The van der Waals surface area contributed by atoms with E-state index in [1.807, 2.05) is 5.32 Å². The number of aliphatic hydroxyl groups excluding tert-OH is 1. The normalized spacial score (nSPS) is 11.7. The van der Waals surface area contributed by atoms with E-state index in [0.717, 1.165) is 18.2 Å². The minimum Gasteiger partial charge on any atom is -0.479 e. The highest BCUT2D eigenvalue weighted by Gasteiger charge is 2.19. The fourth-order valence-electron chi connectivity index (χ4n) is 1.17. The number of non-ortho nitro benzene ring substituents is 1. The van der Waals surface area contributed by atoms with Gasteiger partial charge in [0.1, 0.15) is 5.82 Å². The fraction of sp³-hybridized carbons (Fsp3) is 0.200. The molecule has 1 atom stereocenters. The van der Waals surface area contributed by atoms with Crippen LogP contribution in [0.2, 0.25) is 0 Å². The van der Waals surface area contributed by atoms with Gasteiger partial charge in [-0.05, 0) is 6.07 Å². The number of carbonyl (C=O) groups excluding carboxylic acids is 1. The van der Waals surface area contributed by atoms with Crippen molar-refractivity contribution in [2.24, 2.45) is 0 Å². The van der Waals surface area contributed by atoms with E-state index in [9.17, 15) is 24.1 Å². The largest absolute Gasteiger partial charge is 0.479 e. The van der Waals surface area contributed by atoms with Gasteiger partial charge in [0.05, 0.1) is 17.0 Å². The Kier molecular flexibility index (Phi) is 4.48. The number of hydrogen-bond acceptors (Lipinski definition) is 5. The van der Waals surface area contributed by atoms with Gasteiger partial charge in [-0.25, -0.2) is 9.18 Å². The lowest BCUT2D eigenvalue weighted by Gasteiger charge is -2.08. The number of hydrogen-bond donors (Lipinski definition) is 3. The van der Waals surface area contributed by atoms with Crippen LogP contribution in [-0.4, -0.2) is 39.7 Å². The molecular weight excluding hydrogens is 263 g/mol. The number of carboxylic acid groups (broad SMARTS) is 1. The quantitative estimate of drug-likeness (QED) is 0.507. The summed E-state index contributed by atoms with van der Waals surface area (Å²) in [7, 11) is 0. The van der Waals surface area contributed by atoms with Crippen LogP contribution < -0.4 is 5.32 Å². The molecule has 19 heavy (non-hydrogen) atoms. The van der Waals surface area contributed by atoms with E-state index >= 15 is 0 Å². The predicted octanol–water partition coefficient (Wildman–Crippen LogP) is -0.0908. The van der Waals surface area contributed by atoms with E-state index in [1.54, 1.807) is 0 Å². The Morgan fingerprint density at radius 1 is 1.47 bits per heavy atom. The van der Waals surface area contributed by atoms with Gasteiger partial charge in [-0.1, -0.05) is 0 Å². The number of aliphatic hydroxyl groups is 1. The van der Waals surface area contributed by atoms with Crippen LogP contribution >= 0.6 is 0 Å². The molecule has 0 radical (unpaired) electrons. The van der Waals surface area contributed by atoms with Gasteiger partial charge in [0.25, 0.3) is 11.6 Å². The average molecular weight is 272 g/mol. The number of halogens is 1. The van der Waals surface area contributed by atoms with Crippen LogP contribution in [0.5, 0.6) is 0 Å². The van der Waals surface area contributed by atoms with Gasteiger partial charge < -0.3 is 15.5 Å². The number of carboxylic acids is 1. The van der Waals surface area contributed by atoms with Crippen LogP contribution in [0.1, 0.15) is 10.4 Å². The summed E-state index contributed by atoms with van der Waals surface area (Å²) >= 11 is 0. The summed E-state index contributed by atoms with van der Waals surface area (Å²) in [6.45, 7) is -0.643. The summed E-state index contributed by atoms with van der Waals surface area (Å²) in [6.07, 6.45) is -1.84. The molecule has 1 rings (SSSR count). The zero-order chi connectivity index (χ0) is 14.6. The monoisotopic (exact) mass is 272 g/mol. The van der Waals surface area contributed by atoms with Crippen LogP contribution in [-0.2, 0) is 4.79 Å². The second-order valence-corrected chi connectivity index (χ2v) is 3.49. The Labute approximate surface area is 105 Å². The molecule has 0 aromatic heterocycles. The highest BCUT2D eigenvalue weighted by atomic mass is 19.1. The zero-order valence-electron chi connectivity index (χ0n) is 9.37. The SMILES string of the molecule is O=C(NCC(O)C(=O)O)c1cc([N+](=O)[O-])ccc1F. The zero-order valence-corrected chi connectivity index (χ0v) is 9.37. The van der Waals surface area contributed by atoms with Crippen LogP contribution in [0, 0.1) is 15.9 Å². The molecule has 0 fully saturated rings. The number of carbonyl (C=O) groups is 2. The molecule has 3 N–H and O–H groups in total. The van der Waals surface area contributed by atoms with E-state index < -0.39 is 46.5 Å². The smallest absolute Gasteiger partial charge is 0.334 e. The lowest BCUT2D eigenvalue weighted by atomic mass is 10.1. The first-order valence-electron chi connectivity index (χ1n) is 4.96. The van der Waals surface area contributed by atoms with E-state index in [0.29, 0.717) is 0 Å². The van der Waals surface area contributed by atoms with Crippen molar-refractivity contribution in [2.45, 2.75) is 6.10 Å². The maximum atomic E-state index is 13.3. The molecule has 0 aliphatic rings. The first-order chi connectivity index (χ1) is 8.82. The van der Waals surface area contributed by atoms with Crippen molar-refractivity contribution in [1.82, 2.24) is 5.32 Å². The third kappa shape index (κ3) is 3.71. The number of nitrogens with one attached hydrogen (secondary N) is 1. The second kappa shape index (κ2) is 5.87. The number of nitrogens with zero attached hydrogens (tertiary/aromatic N) is 1. The first kappa shape index (κ1) is 14.5. The van der Waals surface area contributed by atoms with Crippen molar-refractivity contribution in [2.75, 3.05) is 6.54 Å². The molecule has 0 saturated heterocycles. The van der Waals surface area contributed by atoms with Crippen molar-refractivity contribution >= 4 is 17.6 Å². The van der Waals surface area contributed by atoms with Crippen molar-refractivity contribution in [3.8, 4) is 0 Å². The van der Waals surface area contributed by atoms with Gasteiger partial charge in [-0.3, -0.25) is 14.9 Å². The average Bonchev–Trinajstić information content (AvgIpc) is 2.35. The number of nitro groups is 1. The molecule has 1 unspecified atom stereocenters. The lowest BCUT2D eigenvalue weighted by Crippen LogP contribution is -2.36. The highest BCUT2D eigenvalue weighted by molar-refractivity contribution is 5.95.